The Kier molecular flexibility index (Phi) is 2.84. The minimum atomic E-state index is 0.237. The van der Waals surface area contributed by atoms with Gasteiger partial charge in [0.25, 0.3) is 0 Å². The van der Waals surface area contributed by atoms with Crippen LogP contribution in [0.25, 0.3) is 0 Å². The van der Waals surface area contributed by atoms with Crippen molar-refractivity contribution in [1.29, 1.82) is 0 Å². The zero-order chi connectivity index (χ0) is 11.8. The minimum absolute atomic E-state index is 0.237. The Hall–Kier alpha value is -1.16. The molecule has 0 saturated carbocycles. The summed E-state index contributed by atoms with van der Waals surface area (Å²) < 4.78 is 0. The standard InChI is InChI=1S/C12H20N4/c1-9-10(2)15-11(6-14-9)16-5-4-12(3,7-13)8-16/h6H,4-5,7-8,13H2,1-3H3. The molecule has 2 rings (SSSR count). The number of hydrogen-bond acceptors (Lipinski definition) is 4. The second kappa shape index (κ2) is 4.01. The average Bonchev–Trinajstić information content (AvgIpc) is 2.66. The molecule has 2 heterocycles. The van der Waals surface area contributed by atoms with Crippen LogP contribution in [0.1, 0.15) is 24.7 Å². The highest BCUT2D eigenvalue weighted by Crippen LogP contribution is 2.31. The van der Waals surface area contributed by atoms with E-state index in [1.807, 2.05) is 20.0 Å². The van der Waals surface area contributed by atoms with Gasteiger partial charge in [-0.3, -0.25) is 4.98 Å². The minimum Gasteiger partial charge on any atom is -0.355 e. The van der Waals surface area contributed by atoms with Crippen LogP contribution in [-0.4, -0.2) is 29.6 Å². The van der Waals surface area contributed by atoms with Gasteiger partial charge >= 0.3 is 0 Å². The maximum absolute atomic E-state index is 5.80. The predicted octanol–water partition coefficient (Wildman–Crippen LogP) is 1.27. The van der Waals surface area contributed by atoms with Gasteiger partial charge in [-0.05, 0) is 32.2 Å². The summed E-state index contributed by atoms with van der Waals surface area (Å²) in [6.07, 6.45) is 3.00. The lowest BCUT2D eigenvalue weighted by Gasteiger charge is -2.23. The Morgan fingerprint density at radius 2 is 2.19 bits per heavy atom. The summed E-state index contributed by atoms with van der Waals surface area (Å²) in [5.41, 5.74) is 8.05. The molecule has 1 fully saturated rings. The Bertz CT molecular complexity index is 391. The van der Waals surface area contributed by atoms with E-state index in [1.54, 1.807) is 0 Å². The van der Waals surface area contributed by atoms with Crippen LogP contribution >= 0.6 is 0 Å². The van der Waals surface area contributed by atoms with Gasteiger partial charge in [-0.1, -0.05) is 6.92 Å². The number of aryl methyl sites for hydroxylation is 2. The van der Waals surface area contributed by atoms with Gasteiger partial charge in [0.05, 0.1) is 17.6 Å². The lowest BCUT2D eigenvalue weighted by Crippen LogP contribution is -2.31. The van der Waals surface area contributed by atoms with Crippen LogP contribution in [0.4, 0.5) is 5.82 Å². The third kappa shape index (κ3) is 2.02. The fraction of sp³-hybridized carbons (Fsp3) is 0.667. The van der Waals surface area contributed by atoms with Gasteiger partial charge in [-0.15, -0.1) is 0 Å². The van der Waals surface area contributed by atoms with Crippen LogP contribution in [0.5, 0.6) is 0 Å². The largest absolute Gasteiger partial charge is 0.355 e. The van der Waals surface area contributed by atoms with Gasteiger partial charge in [0.1, 0.15) is 5.82 Å². The molecular formula is C12H20N4. The van der Waals surface area contributed by atoms with Gasteiger partial charge < -0.3 is 10.6 Å². The Morgan fingerprint density at radius 3 is 2.75 bits per heavy atom. The number of rotatable bonds is 2. The Balaban J connectivity index is 2.17. The van der Waals surface area contributed by atoms with Gasteiger partial charge in [0, 0.05) is 13.1 Å². The molecular weight excluding hydrogens is 200 g/mol. The number of anilines is 1. The first-order chi connectivity index (χ1) is 7.54. The summed E-state index contributed by atoms with van der Waals surface area (Å²) in [7, 11) is 0. The highest BCUT2D eigenvalue weighted by molar-refractivity contribution is 5.39. The normalized spacial score (nSPS) is 25.1. The maximum atomic E-state index is 5.80. The number of aromatic nitrogens is 2. The fourth-order valence-corrected chi connectivity index (χ4v) is 2.07. The average molecular weight is 220 g/mol. The highest BCUT2D eigenvalue weighted by Gasteiger charge is 2.33. The fourth-order valence-electron chi connectivity index (χ4n) is 2.07. The summed E-state index contributed by atoms with van der Waals surface area (Å²) in [4.78, 5) is 11.2. The van der Waals surface area contributed by atoms with Crippen molar-refractivity contribution in [2.24, 2.45) is 11.1 Å². The first-order valence-electron chi connectivity index (χ1n) is 5.79. The predicted molar refractivity (Wildman–Crippen MR) is 65.5 cm³/mol. The van der Waals surface area contributed by atoms with E-state index in [9.17, 15) is 0 Å². The van der Waals surface area contributed by atoms with Crippen molar-refractivity contribution in [2.45, 2.75) is 27.2 Å². The van der Waals surface area contributed by atoms with Crippen molar-refractivity contribution in [3.8, 4) is 0 Å². The molecule has 1 unspecified atom stereocenters. The summed E-state index contributed by atoms with van der Waals surface area (Å²) >= 11 is 0. The number of nitrogens with zero attached hydrogens (tertiary/aromatic N) is 3. The van der Waals surface area contributed by atoms with Crippen LogP contribution in [-0.2, 0) is 0 Å². The van der Waals surface area contributed by atoms with E-state index in [0.717, 1.165) is 43.3 Å². The monoisotopic (exact) mass is 220 g/mol. The van der Waals surface area contributed by atoms with Crippen LogP contribution < -0.4 is 10.6 Å². The van der Waals surface area contributed by atoms with Crippen molar-refractivity contribution >= 4 is 5.82 Å². The van der Waals surface area contributed by atoms with Crippen molar-refractivity contribution in [3.63, 3.8) is 0 Å². The molecule has 0 aliphatic carbocycles. The molecule has 88 valence electrons. The molecule has 1 aliphatic heterocycles. The van der Waals surface area contributed by atoms with Gasteiger partial charge in [-0.2, -0.15) is 0 Å². The van der Waals surface area contributed by atoms with Crippen LogP contribution in [0.15, 0.2) is 6.20 Å². The molecule has 0 amide bonds. The first-order valence-corrected chi connectivity index (χ1v) is 5.79. The molecule has 1 aromatic rings. The molecule has 1 aromatic heterocycles. The lowest BCUT2D eigenvalue weighted by atomic mass is 9.90. The Labute approximate surface area is 96.9 Å². The molecule has 0 bridgehead atoms. The third-order valence-corrected chi connectivity index (χ3v) is 3.55. The molecule has 4 nitrogen and oxygen atoms in total. The molecule has 2 N–H and O–H groups in total. The van der Waals surface area contributed by atoms with Gasteiger partial charge in [-0.25, -0.2) is 4.98 Å². The number of hydrogen-bond donors (Lipinski definition) is 1. The molecule has 16 heavy (non-hydrogen) atoms. The van der Waals surface area contributed by atoms with E-state index in [1.165, 1.54) is 0 Å². The van der Waals surface area contributed by atoms with Crippen molar-refractivity contribution in [1.82, 2.24) is 9.97 Å². The van der Waals surface area contributed by atoms with Crippen molar-refractivity contribution in [3.05, 3.63) is 17.6 Å². The first kappa shape index (κ1) is 11.3. The van der Waals surface area contributed by atoms with E-state index in [2.05, 4.69) is 21.8 Å². The summed E-state index contributed by atoms with van der Waals surface area (Å²) in [5.74, 6) is 0.986. The lowest BCUT2D eigenvalue weighted by molar-refractivity contribution is 0.383. The van der Waals surface area contributed by atoms with E-state index >= 15 is 0 Å². The van der Waals surface area contributed by atoms with Crippen molar-refractivity contribution < 1.29 is 0 Å². The summed E-state index contributed by atoms with van der Waals surface area (Å²) in [6, 6.07) is 0. The van der Waals surface area contributed by atoms with Gasteiger partial charge in [0.15, 0.2) is 0 Å². The highest BCUT2D eigenvalue weighted by atomic mass is 15.2. The SMILES string of the molecule is Cc1ncc(N2CCC(C)(CN)C2)nc1C. The Morgan fingerprint density at radius 1 is 1.44 bits per heavy atom. The van der Waals surface area contributed by atoms with E-state index in [4.69, 9.17) is 5.73 Å². The second-order valence-electron chi connectivity index (χ2n) is 5.09. The second-order valence-corrected chi connectivity index (χ2v) is 5.09. The molecule has 1 saturated heterocycles. The number of nitrogens with two attached hydrogens (primary N) is 1. The molecule has 0 aromatic carbocycles. The molecule has 0 spiro atoms. The van der Waals surface area contributed by atoms with Gasteiger partial charge in [0.2, 0.25) is 0 Å². The topological polar surface area (TPSA) is 55.0 Å². The quantitative estimate of drug-likeness (QED) is 0.815. The summed E-state index contributed by atoms with van der Waals surface area (Å²) in [5, 5.41) is 0. The van der Waals surface area contributed by atoms with E-state index in [-0.39, 0.29) is 5.41 Å². The van der Waals surface area contributed by atoms with E-state index < -0.39 is 0 Å². The maximum Gasteiger partial charge on any atom is 0.147 e. The summed E-state index contributed by atoms with van der Waals surface area (Å²) in [6.45, 7) is 8.99. The van der Waals surface area contributed by atoms with E-state index in [0.29, 0.717) is 0 Å². The van der Waals surface area contributed by atoms with Crippen LogP contribution in [0, 0.1) is 19.3 Å². The van der Waals surface area contributed by atoms with Crippen molar-refractivity contribution in [2.75, 3.05) is 24.5 Å². The van der Waals surface area contributed by atoms with Crippen LogP contribution in [0.3, 0.4) is 0 Å². The molecule has 1 aliphatic rings. The molecule has 4 heteroatoms. The van der Waals surface area contributed by atoms with Crippen LogP contribution in [0.2, 0.25) is 0 Å². The third-order valence-electron chi connectivity index (χ3n) is 3.55. The smallest absolute Gasteiger partial charge is 0.147 e. The molecule has 1 atom stereocenters. The molecule has 0 radical (unpaired) electrons. The zero-order valence-corrected chi connectivity index (χ0v) is 10.3. The zero-order valence-electron chi connectivity index (χ0n) is 10.3.